The maximum atomic E-state index is 12.7. The van der Waals surface area contributed by atoms with Crippen LogP contribution in [-0.2, 0) is 11.3 Å². The van der Waals surface area contributed by atoms with E-state index in [0.29, 0.717) is 24.4 Å². The number of hydrogen-bond acceptors (Lipinski definition) is 3. The van der Waals surface area contributed by atoms with Crippen molar-refractivity contribution in [2.45, 2.75) is 59.5 Å². The number of carbonyl (C=O) groups is 3. The SMILES string of the molecule is C=CCn1c(C)cc(C(=O)CN2C(=O)N[C@@](C)(CCC(C)C)C2=O)c1C. The van der Waals surface area contributed by atoms with Crippen LogP contribution in [0.5, 0.6) is 0 Å². The molecule has 3 amide bonds. The fourth-order valence-electron chi connectivity index (χ4n) is 3.36. The normalized spacial score (nSPS) is 20.0. The van der Waals surface area contributed by atoms with Crippen LogP contribution in [0.15, 0.2) is 18.7 Å². The van der Waals surface area contributed by atoms with Gasteiger partial charge in [0.25, 0.3) is 5.91 Å². The number of amides is 3. The number of urea groups is 1. The quantitative estimate of drug-likeness (QED) is 0.440. The standard InChI is InChI=1S/C20H29N3O3/c1-7-10-22-14(4)11-16(15(22)5)17(24)12-23-18(25)20(6,21-19(23)26)9-8-13(2)3/h7,11,13H,1,8-10,12H2,2-6H3,(H,21,26)/t20-/m0/s1. The first kappa shape index (κ1) is 19.9. The molecule has 0 aromatic carbocycles. The molecular formula is C20H29N3O3. The molecule has 6 nitrogen and oxygen atoms in total. The monoisotopic (exact) mass is 359 g/mol. The van der Waals surface area contributed by atoms with Gasteiger partial charge in [-0.1, -0.05) is 19.9 Å². The molecule has 1 aromatic heterocycles. The fourth-order valence-corrected chi connectivity index (χ4v) is 3.36. The van der Waals surface area contributed by atoms with Crippen molar-refractivity contribution in [1.29, 1.82) is 0 Å². The molecular weight excluding hydrogens is 330 g/mol. The number of aromatic nitrogens is 1. The highest BCUT2D eigenvalue weighted by Gasteiger charge is 2.47. The number of hydrogen-bond donors (Lipinski definition) is 1. The number of ketones is 1. The minimum atomic E-state index is -0.929. The summed E-state index contributed by atoms with van der Waals surface area (Å²) in [4.78, 5) is 38.8. The lowest BCUT2D eigenvalue weighted by Gasteiger charge is -2.22. The number of nitrogens with one attached hydrogen (secondary N) is 1. The van der Waals surface area contributed by atoms with E-state index < -0.39 is 11.6 Å². The topological polar surface area (TPSA) is 71.4 Å². The Morgan fingerprint density at radius 1 is 1.35 bits per heavy atom. The van der Waals surface area contributed by atoms with Gasteiger partial charge >= 0.3 is 6.03 Å². The Bertz CT molecular complexity index is 748. The highest BCUT2D eigenvalue weighted by Crippen LogP contribution is 2.25. The Kier molecular flexibility index (Phi) is 5.74. The van der Waals surface area contributed by atoms with Gasteiger partial charge in [-0.3, -0.25) is 14.5 Å². The van der Waals surface area contributed by atoms with E-state index in [2.05, 4.69) is 25.7 Å². The molecule has 1 aromatic rings. The number of nitrogens with zero attached hydrogens (tertiary/aromatic N) is 2. The molecule has 0 unspecified atom stereocenters. The summed E-state index contributed by atoms with van der Waals surface area (Å²) in [6, 6.07) is 1.31. The van der Waals surface area contributed by atoms with E-state index in [9.17, 15) is 14.4 Å². The second-order valence-electron chi connectivity index (χ2n) is 7.69. The van der Waals surface area contributed by atoms with Crippen molar-refractivity contribution in [3.05, 3.63) is 35.7 Å². The smallest absolute Gasteiger partial charge is 0.325 e. The van der Waals surface area contributed by atoms with Gasteiger partial charge in [-0.05, 0) is 45.6 Å². The zero-order valence-corrected chi connectivity index (χ0v) is 16.4. The molecule has 1 aliphatic rings. The minimum Gasteiger partial charge on any atom is -0.345 e. The Morgan fingerprint density at radius 2 is 2.00 bits per heavy atom. The summed E-state index contributed by atoms with van der Waals surface area (Å²) in [6.07, 6.45) is 3.16. The number of carbonyl (C=O) groups excluding carboxylic acids is 3. The van der Waals surface area contributed by atoms with Gasteiger partial charge in [0.1, 0.15) is 5.54 Å². The first-order valence-electron chi connectivity index (χ1n) is 9.05. The summed E-state index contributed by atoms with van der Waals surface area (Å²) >= 11 is 0. The second kappa shape index (κ2) is 7.48. The van der Waals surface area contributed by atoms with E-state index in [1.807, 2.05) is 18.4 Å². The summed E-state index contributed by atoms with van der Waals surface area (Å²) in [5.41, 5.74) is 1.38. The average Bonchev–Trinajstić information content (AvgIpc) is 2.96. The molecule has 2 heterocycles. The van der Waals surface area contributed by atoms with Crippen LogP contribution in [0.4, 0.5) is 4.79 Å². The maximum absolute atomic E-state index is 12.7. The zero-order valence-electron chi connectivity index (χ0n) is 16.4. The average molecular weight is 359 g/mol. The minimum absolute atomic E-state index is 0.231. The number of allylic oxidation sites excluding steroid dienone is 1. The molecule has 0 saturated carbocycles. The third-order valence-corrected chi connectivity index (χ3v) is 5.05. The highest BCUT2D eigenvalue weighted by atomic mass is 16.2. The second-order valence-corrected chi connectivity index (χ2v) is 7.69. The van der Waals surface area contributed by atoms with Crippen molar-refractivity contribution in [2.75, 3.05) is 6.54 Å². The Hall–Kier alpha value is -2.37. The van der Waals surface area contributed by atoms with Gasteiger partial charge in [0.2, 0.25) is 0 Å². The lowest BCUT2D eigenvalue weighted by atomic mass is 9.92. The summed E-state index contributed by atoms with van der Waals surface area (Å²) in [6.45, 7) is 13.8. The van der Waals surface area contributed by atoms with Gasteiger partial charge in [-0.25, -0.2) is 4.79 Å². The van der Waals surface area contributed by atoms with Crippen molar-refractivity contribution in [3.8, 4) is 0 Å². The van der Waals surface area contributed by atoms with Crippen LogP contribution in [0.25, 0.3) is 0 Å². The molecule has 0 spiro atoms. The number of rotatable bonds is 8. The fraction of sp³-hybridized carbons (Fsp3) is 0.550. The lowest BCUT2D eigenvalue weighted by Crippen LogP contribution is -2.44. The van der Waals surface area contributed by atoms with E-state index in [1.165, 1.54) is 0 Å². The Morgan fingerprint density at radius 3 is 2.58 bits per heavy atom. The van der Waals surface area contributed by atoms with Crippen molar-refractivity contribution < 1.29 is 14.4 Å². The molecule has 1 atom stereocenters. The predicted molar refractivity (Wildman–Crippen MR) is 101 cm³/mol. The summed E-state index contributed by atoms with van der Waals surface area (Å²) < 4.78 is 1.98. The molecule has 26 heavy (non-hydrogen) atoms. The zero-order chi connectivity index (χ0) is 19.6. The van der Waals surface area contributed by atoms with E-state index in [0.717, 1.165) is 22.7 Å². The molecule has 2 rings (SSSR count). The first-order chi connectivity index (χ1) is 12.1. The third kappa shape index (κ3) is 3.74. The van der Waals surface area contributed by atoms with E-state index in [-0.39, 0.29) is 18.2 Å². The highest BCUT2D eigenvalue weighted by molar-refractivity contribution is 6.11. The van der Waals surface area contributed by atoms with Crippen LogP contribution >= 0.6 is 0 Å². The van der Waals surface area contributed by atoms with Crippen molar-refractivity contribution in [3.63, 3.8) is 0 Å². The largest absolute Gasteiger partial charge is 0.345 e. The molecule has 0 aliphatic carbocycles. The van der Waals surface area contributed by atoms with Crippen molar-refractivity contribution in [2.24, 2.45) is 5.92 Å². The number of imide groups is 1. The Labute approximate surface area is 155 Å². The predicted octanol–water partition coefficient (Wildman–Crippen LogP) is 3.22. The van der Waals surface area contributed by atoms with Crippen LogP contribution in [0.3, 0.4) is 0 Å². The molecule has 6 heteroatoms. The molecule has 1 N–H and O–H groups in total. The third-order valence-electron chi connectivity index (χ3n) is 5.05. The van der Waals surface area contributed by atoms with Gasteiger partial charge in [0.05, 0.1) is 6.54 Å². The van der Waals surface area contributed by atoms with Crippen LogP contribution in [0, 0.1) is 19.8 Å². The Balaban J connectivity index is 2.17. The van der Waals surface area contributed by atoms with Crippen molar-refractivity contribution >= 4 is 17.7 Å². The van der Waals surface area contributed by atoms with E-state index in [4.69, 9.17) is 0 Å². The van der Waals surface area contributed by atoms with Crippen molar-refractivity contribution in [1.82, 2.24) is 14.8 Å². The lowest BCUT2D eigenvalue weighted by molar-refractivity contribution is -0.130. The molecule has 1 saturated heterocycles. The van der Waals surface area contributed by atoms with E-state index in [1.54, 1.807) is 19.1 Å². The number of Topliss-reactive ketones (excluding diaryl/α,β-unsaturated/α-hetero) is 1. The van der Waals surface area contributed by atoms with Gasteiger partial charge < -0.3 is 9.88 Å². The van der Waals surface area contributed by atoms with Gasteiger partial charge in [-0.2, -0.15) is 0 Å². The number of aryl methyl sites for hydroxylation is 1. The van der Waals surface area contributed by atoms with Crippen LogP contribution in [-0.4, -0.2) is 39.3 Å². The van der Waals surface area contributed by atoms with Gasteiger partial charge in [0, 0.05) is 23.5 Å². The molecule has 0 bridgehead atoms. The molecule has 0 radical (unpaired) electrons. The van der Waals surface area contributed by atoms with Crippen LogP contribution in [0.2, 0.25) is 0 Å². The van der Waals surface area contributed by atoms with Crippen LogP contribution in [0.1, 0.15) is 55.4 Å². The molecule has 142 valence electrons. The maximum Gasteiger partial charge on any atom is 0.325 e. The molecule has 1 aliphatic heterocycles. The van der Waals surface area contributed by atoms with E-state index >= 15 is 0 Å². The molecule has 1 fully saturated rings. The summed E-state index contributed by atoms with van der Waals surface area (Å²) in [7, 11) is 0. The summed E-state index contributed by atoms with van der Waals surface area (Å²) in [5.74, 6) is -0.121. The van der Waals surface area contributed by atoms with Gasteiger partial charge in [0.15, 0.2) is 5.78 Å². The van der Waals surface area contributed by atoms with Gasteiger partial charge in [-0.15, -0.1) is 6.58 Å². The van der Waals surface area contributed by atoms with Crippen LogP contribution < -0.4 is 5.32 Å². The first-order valence-corrected chi connectivity index (χ1v) is 9.05. The summed E-state index contributed by atoms with van der Waals surface area (Å²) in [5, 5.41) is 2.76.